The van der Waals surface area contributed by atoms with Crippen LogP contribution < -0.4 is 0 Å². The van der Waals surface area contributed by atoms with E-state index < -0.39 is 0 Å². The fourth-order valence-electron chi connectivity index (χ4n) is 1.20. The molecule has 13 heavy (non-hydrogen) atoms. The van der Waals surface area contributed by atoms with Crippen LogP contribution in [0.15, 0.2) is 0 Å². The molecule has 0 radical (unpaired) electrons. The molecule has 78 valence electrons. The van der Waals surface area contributed by atoms with Crippen molar-refractivity contribution in [2.75, 3.05) is 6.61 Å². The van der Waals surface area contributed by atoms with E-state index in [0.717, 1.165) is 12.8 Å². The molecule has 0 heterocycles. The van der Waals surface area contributed by atoms with Gasteiger partial charge in [-0.15, -0.1) is 0 Å². The van der Waals surface area contributed by atoms with Gasteiger partial charge in [0.2, 0.25) is 0 Å². The van der Waals surface area contributed by atoms with Crippen molar-refractivity contribution in [3.8, 4) is 0 Å². The second-order valence-corrected chi connectivity index (χ2v) is 3.26. The first kappa shape index (κ1) is 12.4. The first-order chi connectivity index (χ1) is 6.31. The van der Waals surface area contributed by atoms with Crippen molar-refractivity contribution in [1.29, 1.82) is 0 Å². The molecule has 1 atom stereocenters. The third-order valence-corrected chi connectivity index (χ3v) is 2.03. The van der Waals surface area contributed by atoms with E-state index in [2.05, 4.69) is 11.7 Å². The molecule has 0 aromatic heterocycles. The first-order valence-electron chi connectivity index (χ1n) is 5.04. The number of rotatable bonds is 9. The highest BCUT2D eigenvalue weighted by molar-refractivity contribution is 5.36. The summed E-state index contributed by atoms with van der Waals surface area (Å²) >= 11 is 0. The topological polar surface area (TPSA) is 46.5 Å². The lowest BCUT2D eigenvalue weighted by molar-refractivity contribution is -0.129. The number of aliphatic hydroxyl groups is 1. The Morgan fingerprint density at radius 3 is 2.69 bits per heavy atom. The highest BCUT2D eigenvalue weighted by atomic mass is 16.5. The maximum absolute atomic E-state index is 9.78. The molecule has 1 N–H and O–H groups in total. The van der Waals surface area contributed by atoms with E-state index in [4.69, 9.17) is 0 Å². The van der Waals surface area contributed by atoms with Gasteiger partial charge in [0.15, 0.2) is 0 Å². The molecule has 0 amide bonds. The number of unbranched alkanes of at least 4 members (excludes halogenated alkanes) is 3. The van der Waals surface area contributed by atoms with Gasteiger partial charge >= 0.3 is 0 Å². The molecular formula is C10H20O3. The molecule has 3 nitrogen and oxygen atoms in total. The average molecular weight is 188 g/mol. The van der Waals surface area contributed by atoms with Crippen LogP contribution in [-0.2, 0) is 9.53 Å². The zero-order valence-corrected chi connectivity index (χ0v) is 8.37. The van der Waals surface area contributed by atoms with Crippen molar-refractivity contribution >= 4 is 6.47 Å². The Labute approximate surface area is 80.1 Å². The molecule has 0 aromatic rings. The minimum atomic E-state index is -0.309. The van der Waals surface area contributed by atoms with Gasteiger partial charge in [-0.05, 0) is 6.42 Å². The third-order valence-electron chi connectivity index (χ3n) is 2.03. The van der Waals surface area contributed by atoms with Crippen molar-refractivity contribution in [3.05, 3.63) is 0 Å². The molecule has 3 heteroatoms. The molecular weight excluding hydrogens is 168 g/mol. The van der Waals surface area contributed by atoms with Crippen molar-refractivity contribution in [1.82, 2.24) is 0 Å². The van der Waals surface area contributed by atoms with E-state index in [0.29, 0.717) is 19.5 Å². The Morgan fingerprint density at radius 1 is 1.31 bits per heavy atom. The van der Waals surface area contributed by atoms with Gasteiger partial charge in [0.05, 0.1) is 12.7 Å². The summed E-state index contributed by atoms with van der Waals surface area (Å²) in [6.07, 6.45) is 5.77. The summed E-state index contributed by atoms with van der Waals surface area (Å²) in [4.78, 5) is 9.78. The highest BCUT2D eigenvalue weighted by Gasteiger charge is 2.02. The Kier molecular flexibility index (Phi) is 9.10. The van der Waals surface area contributed by atoms with Gasteiger partial charge in [-0.3, -0.25) is 4.79 Å². The van der Waals surface area contributed by atoms with Crippen molar-refractivity contribution in [2.24, 2.45) is 0 Å². The lowest BCUT2D eigenvalue weighted by Crippen LogP contribution is -2.09. The normalized spacial score (nSPS) is 12.5. The summed E-state index contributed by atoms with van der Waals surface area (Å²) in [7, 11) is 0. The highest BCUT2D eigenvalue weighted by Crippen LogP contribution is 2.07. The first-order valence-corrected chi connectivity index (χ1v) is 5.04. The standard InChI is InChI=1S/C10H20O3/c1-2-3-4-5-6-10(12)7-8-13-9-11/h9-10,12H,2-8H2,1H3. The second-order valence-electron chi connectivity index (χ2n) is 3.26. The molecule has 0 aromatic carbocycles. The number of carbonyl (C=O) groups is 1. The van der Waals surface area contributed by atoms with Crippen LogP contribution in [0.25, 0.3) is 0 Å². The van der Waals surface area contributed by atoms with Crippen LogP contribution in [0.5, 0.6) is 0 Å². The Morgan fingerprint density at radius 2 is 2.08 bits per heavy atom. The monoisotopic (exact) mass is 188 g/mol. The third kappa shape index (κ3) is 9.34. The zero-order chi connectivity index (χ0) is 9.94. The van der Waals surface area contributed by atoms with Crippen LogP contribution in [0.2, 0.25) is 0 Å². The number of hydrogen-bond donors (Lipinski definition) is 1. The largest absolute Gasteiger partial charge is 0.468 e. The minimum absolute atomic E-state index is 0.309. The predicted octanol–water partition coefficient (Wildman–Crippen LogP) is 1.88. The molecule has 0 saturated heterocycles. The number of carbonyl (C=O) groups excluding carboxylic acids is 1. The summed E-state index contributed by atoms with van der Waals surface area (Å²) in [5.74, 6) is 0. The molecule has 0 bridgehead atoms. The van der Waals surface area contributed by atoms with E-state index >= 15 is 0 Å². The average Bonchev–Trinajstić information content (AvgIpc) is 2.13. The van der Waals surface area contributed by atoms with Gasteiger partial charge in [-0.1, -0.05) is 32.6 Å². The molecule has 0 saturated carbocycles. The SMILES string of the molecule is CCCCCCC(O)CCOC=O. The molecule has 0 aliphatic heterocycles. The smallest absolute Gasteiger partial charge is 0.293 e. The van der Waals surface area contributed by atoms with Crippen LogP contribution in [0.1, 0.15) is 45.4 Å². The van der Waals surface area contributed by atoms with E-state index in [9.17, 15) is 9.90 Å². The van der Waals surface area contributed by atoms with Crippen LogP contribution >= 0.6 is 0 Å². The number of aliphatic hydroxyl groups excluding tert-OH is 1. The molecule has 0 aliphatic rings. The Balaban J connectivity index is 3.09. The molecule has 0 aliphatic carbocycles. The van der Waals surface area contributed by atoms with Crippen molar-refractivity contribution < 1.29 is 14.6 Å². The van der Waals surface area contributed by atoms with E-state index in [-0.39, 0.29) is 6.10 Å². The summed E-state index contributed by atoms with van der Waals surface area (Å²) in [5.41, 5.74) is 0. The molecule has 1 unspecified atom stereocenters. The van der Waals surface area contributed by atoms with E-state index in [1.807, 2.05) is 0 Å². The van der Waals surface area contributed by atoms with E-state index in [1.54, 1.807) is 0 Å². The molecule has 0 rings (SSSR count). The molecule has 0 spiro atoms. The van der Waals surface area contributed by atoms with Gasteiger partial charge in [0.1, 0.15) is 0 Å². The minimum Gasteiger partial charge on any atom is -0.468 e. The summed E-state index contributed by atoms with van der Waals surface area (Å²) in [6.45, 7) is 2.91. The fourth-order valence-corrected chi connectivity index (χ4v) is 1.20. The number of ether oxygens (including phenoxy) is 1. The Bertz CT molecular complexity index is 115. The maximum Gasteiger partial charge on any atom is 0.293 e. The quantitative estimate of drug-likeness (QED) is 0.444. The maximum atomic E-state index is 9.78. The van der Waals surface area contributed by atoms with Crippen LogP contribution in [-0.4, -0.2) is 24.3 Å². The van der Waals surface area contributed by atoms with Gasteiger partial charge in [-0.2, -0.15) is 0 Å². The van der Waals surface area contributed by atoms with Crippen molar-refractivity contribution in [3.63, 3.8) is 0 Å². The van der Waals surface area contributed by atoms with Gasteiger partial charge in [0.25, 0.3) is 6.47 Å². The lowest BCUT2D eigenvalue weighted by atomic mass is 10.1. The van der Waals surface area contributed by atoms with Gasteiger partial charge < -0.3 is 9.84 Å². The summed E-state index contributed by atoms with van der Waals surface area (Å²) in [5, 5.41) is 9.38. The lowest BCUT2D eigenvalue weighted by Gasteiger charge is -2.08. The van der Waals surface area contributed by atoms with Crippen LogP contribution in [0.3, 0.4) is 0 Å². The molecule has 0 fully saturated rings. The Hall–Kier alpha value is -0.570. The van der Waals surface area contributed by atoms with Gasteiger partial charge in [0, 0.05) is 6.42 Å². The van der Waals surface area contributed by atoms with Crippen molar-refractivity contribution in [2.45, 2.75) is 51.6 Å². The predicted molar refractivity (Wildman–Crippen MR) is 51.4 cm³/mol. The second kappa shape index (κ2) is 9.52. The van der Waals surface area contributed by atoms with Crippen LogP contribution in [0.4, 0.5) is 0 Å². The van der Waals surface area contributed by atoms with Gasteiger partial charge in [-0.25, -0.2) is 0 Å². The summed E-state index contributed by atoms with van der Waals surface area (Å²) in [6, 6.07) is 0. The zero-order valence-electron chi connectivity index (χ0n) is 8.37. The summed E-state index contributed by atoms with van der Waals surface area (Å²) < 4.78 is 4.49. The van der Waals surface area contributed by atoms with Crippen LogP contribution in [0, 0.1) is 0 Å². The van der Waals surface area contributed by atoms with E-state index in [1.165, 1.54) is 19.3 Å². The number of hydrogen-bond acceptors (Lipinski definition) is 3. The fraction of sp³-hybridized carbons (Fsp3) is 0.900.